The van der Waals surface area contributed by atoms with Crippen molar-refractivity contribution >= 4 is 34.8 Å². The fourth-order valence-corrected chi connectivity index (χ4v) is 2.93. The molecule has 0 atom stereocenters. The van der Waals surface area contributed by atoms with E-state index >= 15 is 0 Å². The molecular formula is C16H13Cl2NO2. The summed E-state index contributed by atoms with van der Waals surface area (Å²) in [5.74, 6) is -0.319. The number of rotatable bonds is 3. The summed E-state index contributed by atoms with van der Waals surface area (Å²) < 4.78 is 0. The number of anilines is 1. The molecule has 0 aromatic heterocycles. The summed E-state index contributed by atoms with van der Waals surface area (Å²) in [5.41, 5.74) is 0.706. The smallest absolute Gasteiger partial charge is 0.235 e. The summed E-state index contributed by atoms with van der Waals surface area (Å²) >= 11 is 11.8. The molecule has 1 aliphatic rings. The average Bonchev–Trinajstić information content (AvgIpc) is 3.27. The second-order valence-electron chi connectivity index (χ2n) is 5.19. The zero-order valence-electron chi connectivity index (χ0n) is 11.1. The standard InChI is InChI=1S/C16H13Cl2NO2/c17-11-8-12(18)14(20)13(9-11)19-15(21)16(6-7-16)10-4-2-1-3-5-10/h1-5,8-9,20H,6-7H2,(H,19,21). The number of halogens is 2. The molecule has 3 rings (SSSR count). The van der Waals surface area contributed by atoms with Gasteiger partial charge in [0.05, 0.1) is 16.1 Å². The highest BCUT2D eigenvalue weighted by Gasteiger charge is 2.51. The van der Waals surface area contributed by atoms with Gasteiger partial charge in [0.15, 0.2) is 5.75 Å². The van der Waals surface area contributed by atoms with E-state index in [1.807, 2.05) is 30.3 Å². The second kappa shape index (κ2) is 5.24. The van der Waals surface area contributed by atoms with Crippen LogP contribution in [0.3, 0.4) is 0 Å². The summed E-state index contributed by atoms with van der Waals surface area (Å²) in [6, 6.07) is 12.5. The lowest BCUT2D eigenvalue weighted by Crippen LogP contribution is -2.27. The van der Waals surface area contributed by atoms with Crippen LogP contribution in [0.2, 0.25) is 10.0 Å². The molecule has 0 radical (unpaired) electrons. The van der Waals surface area contributed by atoms with Gasteiger partial charge in [-0.3, -0.25) is 4.79 Å². The first kappa shape index (κ1) is 14.2. The monoisotopic (exact) mass is 321 g/mol. The van der Waals surface area contributed by atoms with E-state index in [9.17, 15) is 9.90 Å². The Morgan fingerprint density at radius 1 is 1.14 bits per heavy atom. The summed E-state index contributed by atoms with van der Waals surface area (Å²) in [5, 5.41) is 13.1. The van der Waals surface area contributed by atoms with Crippen molar-refractivity contribution in [2.75, 3.05) is 5.32 Å². The van der Waals surface area contributed by atoms with Gasteiger partial charge in [0.2, 0.25) is 5.91 Å². The maximum absolute atomic E-state index is 12.6. The number of amides is 1. The van der Waals surface area contributed by atoms with Gasteiger partial charge in [0, 0.05) is 5.02 Å². The molecule has 0 heterocycles. The summed E-state index contributed by atoms with van der Waals surface area (Å²) in [6.45, 7) is 0. The Balaban J connectivity index is 1.88. The van der Waals surface area contributed by atoms with Gasteiger partial charge >= 0.3 is 0 Å². The van der Waals surface area contributed by atoms with Crippen LogP contribution in [0, 0.1) is 0 Å². The maximum Gasteiger partial charge on any atom is 0.235 e. The first-order chi connectivity index (χ1) is 10.0. The van der Waals surface area contributed by atoms with Crippen molar-refractivity contribution in [3.05, 3.63) is 58.1 Å². The average molecular weight is 322 g/mol. The van der Waals surface area contributed by atoms with E-state index in [4.69, 9.17) is 23.2 Å². The predicted molar refractivity (Wildman–Crippen MR) is 84.1 cm³/mol. The Morgan fingerprint density at radius 3 is 2.43 bits per heavy atom. The molecule has 0 spiro atoms. The van der Waals surface area contributed by atoms with E-state index in [2.05, 4.69) is 5.32 Å². The molecule has 21 heavy (non-hydrogen) atoms. The third kappa shape index (κ3) is 2.59. The lowest BCUT2D eigenvalue weighted by atomic mass is 9.95. The van der Waals surface area contributed by atoms with Crippen LogP contribution in [-0.4, -0.2) is 11.0 Å². The lowest BCUT2D eigenvalue weighted by Gasteiger charge is -2.17. The Morgan fingerprint density at radius 2 is 1.81 bits per heavy atom. The third-order valence-corrected chi connectivity index (χ3v) is 4.29. The van der Waals surface area contributed by atoms with Crippen LogP contribution < -0.4 is 5.32 Å². The van der Waals surface area contributed by atoms with Gasteiger partial charge in [-0.05, 0) is 30.5 Å². The Bertz CT molecular complexity index is 697. The number of phenols is 1. The molecule has 0 aliphatic heterocycles. The van der Waals surface area contributed by atoms with E-state index in [0.29, 0.717) is 5.02 Å². The fourth-order valence-electron chi connectivity index (χ4n) is 2.43. The van der Waals surface area contributed by atoms with Gasteiger partial charge in [0.25, 0.3) is 0 Å². The molecule has 0 bridgehead atoms. The minimum absolute atomic E-state index is 0.113. The Labute approximate surface area is 132 Å². The molecule has 5 heteroatoms. The van der Waals surface area contributed by atoms with E-state index in [1.165, 1.54) is 12.1 Å². The third-order valence-electron chi connectivity index (χ3n) is 3.79. The highest BCUT2D eigenvalue weighted by molar-refractivity contribution is 6.36. The number of carbonyl (C=O) groups excluding carboxylic acids is 1. The summed E-state index contributed by atoms with van der Waals surface area (Å²) in [6.07, 6.45) is 1.58. The van der Waals surface area contributed by atoms with E-state index in [0.717, 1.165) is 18.4 Å². The molecule has 1 aliphatic carbocycles. The Kier molecular flexibility index (Phi) is 3.56. The first-order valence-electron chi connectivity index (χ1n) is 6.58. The number of nitrogens with one attached hydrogen (secondary N) is 1. The minimum Gasteiger partial charge on any atom is -0.504 e. The molecular weight excluding hydrogens is 309 g/mol. The molecule has 1 fully saturated rings. The topological polar surface area (TPSA) is 49.3 Å². The quantitative estimate of drug-likeness (QED) is 0.825. The van der Waals surface area contributed by atoms with Gasteiger partial charge < -0.3 is 10.4 Å². The van der Waals surface area contributed by atoms with Crippen molar-refractivity contribution in [3.63, 3.8) is 0 Å². The molecule has 1 amide bonds. The van der Waals surface area contributed by atoms with Gasteiger partial charge in [-0.15, -0.1) is 0 Å². The molecule has 2 N–H and O–H groups in total. The van der Waals surface area contributed by atoms with Crippen molar-refractivity contribution < 1.29 is 9.90 Å². The van der Waals surface area contributed by atoms with Crippen LogP contribution in [-0.2, 0) is 10.2 Å². The molecule has 0 unspecified atom stereocenters. The first-order valence-corrected chi connectivity index (χ1v) is 7.33. The van der Waals surface area contributed by atoms with Crippen LogP contribution in [0.5, 0.6) is 5.75 Å². The minimum atomic E-state index is -0.511. The number of benzene rings is 2. The highest BCUT2D eigenvalue weighted by Crippen LogP contribution is 2.49. The van der Waals surface area contributed by atoms with Crippen LogP contribution in [0.25, 0.3) is 0 Å². The molecule has 1 saturated carbocycles. The highest BCUT2D eigenvalue weighted by atomic mass is 35.5. The van der Waals surface area contributed by atoms with Crippen molar-refractivity contribution in [2.45, 2.75) is 18.3 Å². The van der Waals surface area contributed by atoms with Crippen LogP contribution in [0.1, 0.15) is 18.4 Å². The van der Waals surface area contributed by atoms with E-state index in [-0.39, 0.29) is 22.4 Å². The Hall–Kier alpha value is -1.71. The van der Waals surface area contributed by atoms with E-state index in [1.54, 1.807) is 0 Å². The number of carbonyl (C=O) groups is 1. The molecule has 3 nitrogen and oxygen atoms in total. The van der Waals surface area contributed by atoms with Crippen molar-refractivity contribution in [1.82, 2.24) is 0 Å². The van der Waals surface area contributed by atoms with Crippen LogP contribution >= 0.6 is 23.2 Å². The van der Waals surface area contributed by atoms with Crippen molar-refractivity contribution in [1.29, 1.82) is 0 Å². The predicted octanol–water partition coefficient (Wildman–Crippen LogP) is 4.37. The van der Waals surface area contributed by atoms with Gasteiger partial charge in [-0.1, -0.05) is 53.5 Å². The van der Waals surface area contributed by atoms with Crippen LogP contribution in [0.15, 0.2) is 42.5 Å². The zero-order valence-corrected chi connectivity index (χ0v) is 12.6. The van der Waals surface area contributed by atoms with Crippen molar-refractivity contribution in [2.24, 2.45) is 0 Å². The normalized spacial score (nSPS) is 15.5. The van der Waals surface area contributed by atoms with E-state index < -0.39 is 5.41 Å². The summed E-state index contributed by atoms with van der Waals surface area (Å²) in [4.78, 5) is 12.6. The fraction of sp³-hybridized carbons (Fsp3) is 0.188. The van der Waals surface area contributed by atoms with Crippen LogP contribution in [0.4, 0.5) is 5.69 Å². The molecule has 0 saturated heterocycles. The van der Waals surface area contributed by atoms with Gasteiger partial charge in [-0.25, -0.2) is 0 Å². The number of phenolic OH excluding ortho intramolecular Hbond substituents is 1. The number of hydrogen-bond donors (Lipinski definition) is 2. The van der Waals surface area contributed by atoms with Gasteiger partial charge in [-0.2, -0.15) is 0 Å². The van der Waals surface area contributed by atoms with Crippen molar-refractivity contribution in [3.8, 4) is 5.75 Å². The molecule has 2 aromatic rings. The molecule has 2 aromatic carbocycles. The number of aromatic hydroxyl groups is 1. The SMILES string of the molecule is O=C(Nc1cc(Cl)cc(Cl)c1O)C1(c2ccccc2)CC1. The second-order valence-corrected chi connectivity index (χ2v) is 6.03. The maximum atomic E-state index is 12.6. The summed E-state index contributed by atoms with van der Waals surface area (Å²) in [7, 11) is 0. The molecule has 108 valence electrons. The number of hydrogen-bond acceptors (Lipinski definition) is 2. The zero-order chi connectivity index (χ0) is 15.0. The lowest BCUT2D eigenvalue weighted by molar-refractivity contribution is -0.118. The largest absolute Gasteiger partial charge is 0.504 e. The van der Waals surface area contributed by atoms with Gasteiger partial charge in [0.1, 0.15) is 0 Å².